The van der Waals surface area contributed by atoms with Crippen LogP contribution >= 0.6 is 0 Å². The molecular formula is C48H29N5O. The first-order chi connectivity index (χ1) is 26.8. The fraction of sp³-hybridized carbons (Fsp3) is 0. The van der Waals surface area contributed by atoms with Crippen LogP contribution < -0.4 is 0 Å². The van der Waals surface area contributed by atoms with Crippen molar-refractivity contribution < 1.29 is 4.42 Å². The molecule has 0 saturated heterocycles. The number of hydrogen-bond donors (Lipinski definition) is 0. The van der Waals surface area contributed by atoms with E-state index in [2.05, 4.69) is 108 Å². The Morgan fingerprint density at radius 2 is 1.00 bits per heavy atom. The molecule has 252 valence electrons. The summed E-state index contributed by atoms with van der Waals surface area (Å²) in [4.78, 5) is 20.5. The molecule has 0 atom stereocenters. The predicted molar refractivity (Wildman–Crippen MR) is 218 cm³/mol. The van der Waals surface area contributed by atoms with Crippen molar-refractivity contribution in [2.24, 2.45) is 0 Å². The van der Waals surface area contributed by atoms with Gasteiger partial charge in [-0.2, -0.15) is 0 Å². The van der Waals surface area contributed by atoms with Crippen molar-refractivity contribution in [1.29, 1.82) is 0 Å². The lowest BCUT2D eigenvalue weighted by molar-refractivity contribution is 0.666. The fourth-order valence-electron chi connectivity index (χ4n) is 7.70. The second-order valence-electron chi connectivity index (χ2n) is 13.5. The molecule has 6 heteroatoms. The first-order valence-electron chi connectivity index (χ1n) is 18.0. The van der Waals surface area contributed by atoms with Gasteiger partial charge in [0.05, 0.1) is 22.2 Å². The summed E-state index contributed by atoms with van der Waals surface area (Å²) in [5.74, 6) is 1.07. The monoisotopic (exact) mass is 691 g/mol. The average molecular weight is 692 g/mol. The number of benzene rings is 7. The van der Waals surface area contributed by atoms with Gasteiger partial charge in [-0.25, -0.2) is 19.9 Å². The van der Waals surface area contributed by atoms with E-state index in [0.29, 0.717) is 22.9 Å². The van der Waals surface area contributed by atoms with Gasteiger partial charge in [0.2, 0.25) is 0 Å². The molecule has 0 unspecified atom stereocenters. The molecular weight excluding hydrogens is 663 g/mol. The third-order valence-electron chi connectivity index (χ3n) is 10.2. The molecule has 4 heterocycles. The molecule has 0 aliphatic heterocycles. The van der Waals surface area contributed by atoms with E-state index >= 15 is 0 Å². The first-order valence-corrected chi connectivity index (χ1v) is 18.0. The maximum absolute atomic E-state index is 6.65. The summed E-state index contributed by atoms with van der Waals surface area (Å²) in [6, 6.07) is 60.5. The van der Waals surface area contributed by atoms with Crippen LogP contribution in [-0.2, 0) is 0 Å². The third kappa shape index (κ3) is 4.81. The molecule has 0 aliphatic rings. The van der Waals surface area contributed by atoms with E-state index in [9.17, 15) is 0 Å². The van der Waals surface area contributed by atoms with E-state index in [-0.39, 0.29) is 0 Å². The normalized spacial score (nSPS) is 11.7. The molecule has 11 aromatic rings. The number of para-hydroxylation sites is 3. The zero-order chi connectivity index (χ0) is 35.6. The average Bonchev–Trinajstić information content (AvgIpc) is 3.79. The van der Waals surface area contributed by atoms with Crippen LogP contribution in [-0.4, -0.2) is 24.5 Å². The van der Waals surface area contributed by atoms with Crippen molar-refractivity contribution in [1.82, 2.24) is 24.5 Å². The van der Waals surface area contributed by atoms with Gasteiger partial charge in [-0.05, 0) is 59.7 Å². The molecule has 0 bridgehead atoms. The van der Waals surface area contributed by atoms with E-state index in [4.69, 9.17) is 24.4 Å². The van der Waals surface area contributed by atoms with Crippen molar-refractivity contribution in [2.45, 2.75) is 0 Å². The molecule has 0 fully saturated rings. The summed E-state index contributed by atoms with van der Waals surface area (Å²) in [5.41, 5.74) is 11.8. The summed E-state index contributed by atoms with van der Waals surface area (Å²) in [6.45, 7) is 0. The van der Waals surface area contributed by atoms with E-state index in [0.717, 1.165) is 66.5 Å². The quantitative estimate of drug-likeness (QED) is 0.180. The van der Waals surface area contributed by atoms with E-state index in [1.807, 2.05) is 72.8 Å². The van der Waals surface area contributed by atoms with Crippen LogP contribution in [0.15, 0.2) is 180 Å². The number of nitrogens with zero attached hydrogens (tertiary/aromatic N) is 5. The maximum atomic E-state index is 6.65. The lowest BCUT2D eigenvalue weighted by Crippen LogP contribution is -1.99. The van der Waals surface area contributed by atoms with Crippen molar-refractivity contribution in [2.75, 3.05) is 0 Å². The van der Waals surface area contributed by atoms with Gasteiger partial charge in [-0.3, -0.25) is 0 Å². The lowest BCUT2D eigenvalue weighted by Gasteiger charge is -2.10. The van der Waals surface area contributed by atoms with E-state index in [1.54, 1.807) is 0 Å². The van der Waals surface area contributed by atoms with E-state index in [1.165, 1.54) is 16.3 Å². The van der Waals surface area contributed by atoms with Gasteiger partial charge < -0.3 is 8.98 Å². The van der Waals surface area contributed by atoms with Crippen LogP contribution in [0.5, 0.6) is 0 Å². The molecule has 7 aromatic carbocycles. The molecule has 0 spiro atoms. The summed E-state index contributed by atoms with van der Waals surface area (Å²) < 4.78 is 8.99. The second kappa shape index (κ2) is 12.1. The predicted octanol–water partition coefficient (Wildman–Crippen LogP) is 12.1. The maximum Gasteiger partial charge on any atom is 0.183 e. The lowest BCUT2D eigenvalue weighted by atomic mass is 10.0. The number of fused-ring (bicyclic) bond motifs is 7. The highest BCUT2D eigenvalue weighted by molar-refractivity contribution is 6.12. The SMILES string of the molecule is c1ccc(-c2nc(-c3nc(-c4ccccc4)c4ccccc4n3)c3oc4ccc(-c5ccc6c(c5)c5ccccc5n6-c5ccccc5)cc4c3n2)cc1. The number of aromatic nitrogens is 5. The Hall–Kier alpha value is -7.44. The topological polar surface area (TPSA) is 69.6 Å². The summed E-state index contributed by atoms with van der Waals surface area (Å²) in [6.07, 6.45) is 0. The fourth-order valence-corrected chi connectivity index (χ4v) is 7.70. The van der Waals surface area contributed by atoms with E-state index < -0.39 is 0 Å². The number of furan rings is 1. The minimum absolute atomic E-state index is 0.483. The molecule has 11 rings (SSSR count). The molecule has 0 saturated carbocycles. The summed E-state index contributed by atoms with van der Waals surface area (Å²) in [5, 5.41) is 4.28. The molecule has 4 aromatic heterocycles. The Kier molecular flexibility index (Phi) is 6.75. The minimum atomic E-state index is 0.483. The largest absolute Gasteiger partial charge is 0.452 e. The molecule has 0 N–H and O–H groups in total. The molecule has 0 aliphatic carbocycles. The van der Waals surface area contributed by atoms with Gasteiger partial charge in [0.1, 0.15) is 11.1 Å². The molecule has 0 radical (unpaired) electrons. The van der Waals surface area contributed by atoms with Crippen LogP contribution in [0.2, 0.25) is 0 Å². The zero-order valence-electron chi connectivity index (χ0n) is 28.9. The van der Waals surface area contributed by atoms with Crippen LogP contribution in [0.3, 0.4) is 0 Å². The third-order valence-corrected chi connectivity index (χ3v) is 10.2. The summed E-state index contributed by atoms with van der Waals surface area (Å²) >= 11 is 0. The first kappa shape index (κ1) is 30.2. The number of rotatable bonds is 5. The molecule has 54 heavy (non-hydrogen) atoms. The van der Waals surface area contributed by atoms with Gasteiger partial charge >= 0.3 is 0 Å². The van der Waals surface area contributed by atoms with Crippen molar-refractivity contribution in [3.8, 4) is 51.0 Å². The van der Waals surface area contributed by atoms with Gasteiger partial charge in [0, 0.05) is 38.4 Å². The smallest absolute Gasteiger partial charge is 0.183 e. The highest BCUT2D eigenvalue weighted by Crippen LogP contribution is 2.40. The van der Waals surface area contributed by atoms with Gasteiger partial charge in [-0.1, -0.05) is 127 Å². The Morgan fingerprint density at radius 3 is 1.80 bits per heavy atom. The molecule has 0 amide bonds. The zero-order valence-corrected chi connectivity index (χ0v) is 28.9. The van der Waals surface area contributed by atoms with Gasteiger partial charge in [0.25, 0.3) is 0 Å². The highest BCUT2D eigenvalue weighted by Gasteiger charge is 2.22. The minimum Gasteiger partial charge on any atom is -0.452 e. The molecule has 6 nitrogen and oxygen atoms in total. The van der Waals surface area contributed by atoms with Crippen molar-refractivity contribution in [3.05, 3.63) is 176 Å². The highest BCUT2D eigenvalue weighted by atomic mass is 16.3. The van der Waals surface area contributed by atoms with Gasteiger partial charge in [0.15, 0.2) is 22.9 Å². The van der Waals surface area contributed by atoms with Crippen LogP contribution in [0, 0.1) is 0 Å². The van der Waals surface area contributed by atoms with Crippen molar-refractivity contribution >= 4 is 54.8 Å². The Labute approximate surface area is 309 Å². The Balaban J connectivity index is 1.13. The Bertz CT molecular complexity index is 3210. The Morgan fingerprint density at radius 1 is 0.389 bits per heavy atom. The van der Waals surface area contributed by atoms with Crippen LogP contribution in [0.1, 0.15) is 0 Å². The van der Waals surface area contributed by atoms with Crippen LogP contribution in [0.25, 0.3) is 106 Å². The van der Waals surface area contributed by atoms with Crippen LogP contribution in [0.4, 0.5) is 0 Å². The second-order valence-corrected chi connectivity index (χ2v) is 13.5. The standard InChI is InChI=1S/C48H29N5O/c1-4-14-30(15-5-1)43-36-21-10-12-22-39(36)49-48(50-43)45-46-44(51-47(52-45)31-16-6-2-7-17-31)38-29-33(25-27-42(38)54-46)32-24-26-41-37(28-32)35-20-11-13-23-40(35)53(41)34-18-8-3-9-19-34/h1-29H. The van der Waals surface area contributed by atoms with Crippen molar-refractivity contribution in [3.63, 3.8) is 0 Å². The van der Waals surface area contributed by atoms with Gasteiger partial charge in [-0.15, -0.1) is 0 Å². The number of hydrogen-bond acceptors (Lipinski definition) is 5. The summed E-state index contributed by atoms with van der Waals surface area (Å²) in [7, 11) is 0.